The Labute approximate surface area is 101 Å². The lowest BCUT2D eigenvalue weighted by Gasteiger charge is -2.16. The first-order chi connectivity index (χ1) is 7.90. The second-order valence-electron chi connectivity index (χ2n) is 3.82. The Hall–Kier alpha value is -1.12. The van der Waals surface area contributed by atoms with Crippen molar-refractivity contribution in [3.05, 3.63) is 58.3 Å². The lowest BCUT2D eigenvalue weighted by atomic mass is 10.0. The average molecular weight is 231 g/mol. The Balaban J connectivity index is 2.09. The highest BCUT2D eigenvalue weighted by molar-refractivity contribution is 7.10. The van der Waals surface area contributed by atoms with Crippen LogP contribution in [-0.4, -0.2) is 6.54 Å². The maximum atomic E-state index is 3.54. The molecule has 1 nitrogen and oxygen atoms in total. The van der Waals surface area contributed by atoms with Crippen LogP contribution < -0.4 is 5.32 Å². The molecule has 1 unspecified atom stereocenters. The molecule has 0 aliphatic carbocycles. The smallest absolute Gasteiger partial charge is 0.0455 e. The van der Waals surface area contributed by atoms with Crippen molar-refractivity contribution in [1.29, 1.82) is 0 Å². The van der Waals surface area contributed by atoms with E-state index in [2.05, 4.69) is 60.1 Å². The maximum Gasteiger partial charge on any atom is 0.0455 e. The van der Waals surface area contributed by atoms with Gasteiger partial charge in [-0.15, -0.1) is 11.3 Å². The third-order valence-corrected chi connectivity index (χ3v) is 3.61. The molecule has 0 fully saturated rings. The fourth-order valence-corrected chi connectivity index (χ4v) is 2.66. The topological polar surface area (TPSA) is 12.0 Å². The van der Waals surface area contributed by atoms with Crippen molar-refractivity contribution in [2.24, 2.45) is 0 Å². The van der Waals surface area contributed by atoms with Gasteiger partial charge in [-0.25, -0.2) is 0 Å². The fraction of sp³-hybridized carbons (Fsp3) is 0.286. The zero-order valence-electron chi connectivity index (χ0n) is 9.52. The van der Waals surface area contributed by atoms with Gasteiger partial charge in [-0.2, -0.15) is 0 Å². The zero-order valence-corrected chi connectivity index (χ0v) is 10.3. The Morgan fingerprint density at radius 3 is 2.56 bits per heavy atom. The van der Waals surface area contributed by atoms with Gasteiger partial charge in [0.05, 0.1) is 0 Å². The molecule has 1 atom stereocenters. The van der Waals surface area contributed by atoms with Gasteiger partial charge in [0.25, 0.3) is 0 Å². The molecule has 1 heterocycles. The van der Waals surface area contributed by atoms with Crippen LogP contribution in [-0.2, 0) is 6.42 Å². The largest absolute Gasteiger partial charge is 0.309 e. The molecule has 0 saturated heterocycles. The van der Waals surface area contributed by atoms with Crippen molar-refractivity contribution in [2.75, 3.05) is 6.54 Å². The molecule has 0 radical (unpaired) electrons. The Kier molecular flexibility index (Phi) is 4.14. The molecule has 0 aliphatic heterocycles. The van der Waals surface area contributed by atoms with E-state index in [1.165, 1.54) is 10.4 Å². The van der Waals surface area contributed by atoms with E-state index in [0.29, 0.717) is 6.04 Å². The van der Waals surface area contributed by atoms with Gasteiger partial charge in [0, 0.05) is 10.9 Å². The standard InChI is InChI=1S/C14H17NS/c1-2-15-13(14-9-6-10-16-14)11-12-7-4-3-5-8-12/h3-10,13,15H,2,11H2,1H3. The van der Waals surface area contributed by atoms with Crippen molar-refractivity contribution in [2.45, 2.75) is 19.4 Å². The van der Waals surface area contributed by atoms with Gasteiger partial charge in [-0.05, 0) is 30.0 Å². The van der Waals surface area contributed by atoms with Crippen LogP contribution in [0.2, 0.25) is 0 Å². The highest BCUT2D eigenvalue weighted by Gasteiger charge is 2.11. The number of rotatable bonds is 5. The summed E-state index contributed by atoms with van der Waals surface area (Å²) in [6, 6.07) is 15.4. The SMILES string of the molecule is CCNC(Cc1ccccc1)c1cccs1. The van der Waals surface area contributed by atoms with E-state index in [-0.39, 0.29) is 0 Å². The van der Waals surface area contributed by atoms with Gasteiger partial charge < -0.3 is 5.32 Å². The van der Waals surface area contributed by atoms with E-state index in [4.69, 9.17) is 0 Å². The highest BCUT2D eigenvalue weighted by Crippen LogP contribution is 2.22. The molecule has 0 aliphatic rings. The number of benzene rings is 1. The summed E-state index contributed by atoms with van der Waals surface area (Å²) in [6.07, 6.45) is 1.06. The molecular weight excluding hydrogens is 214 g/mol. The predicted molar refractivity (Wildman–Crippen MR) is 70.9 cm³/mol. The number of nitrogens with one attached hydrogen (secondary N) is 1. The van der Waals surface area contributed by atoms with Crippen molar-refractivity contribution < 1.29 is 0 Å². The first-order valence-corrected chi connectivity index (χ1v) is 6.59. The van der Waals surface area contributed by atoms with Crippen LogP contribution >= 0.6 is 11.3 Å². The van der Waals surface area contributed by atoms with Gasteiger partial charge >= 0.3 is 0 Å². The molecule has 2 rings (SSSR count). The summed E-state index contributed by atoms with van der Waals surface area (Å²) >= 11 is 1.83. The molecule has 16 heavy (non-hydrogen) atoms. The van der Waals surface area contributed by atoms with Crippen LogP contribution in [0.25, 0.3) is 0 Å². The fourth-order valence-electron chi connectivity index (χ4n) is 1.86. The molecule has 0 saturated carbocycles. The van der Waals surface area contributed by atoms with E-state index in [1.54, 1.807) is 0 Å². The number of hydrogen-bond acceptors (Lipinski definition) is 2. The summed E-state index contributed by atoms with van der Waals surface area (Å²) < 4.78 is 0. The van der Waals surface area contributed by atoms with Crippen molar-refractivity contribution in [1.82, 2.24) is 5.32 Å². The second kappa shape index (κ2) is 5.83. The molecule has 1 aromatic carbocycles. The van der Waals surface area contributed by atoms with Gasteiger partial charge in [0.1, 0.15) is 0 Å². The van der Waals surface area contributed by atoms with E-state index < -0.39 is 0 Å². The first-order valence-electron chi connectivity index (χ1n) is 5.71. The van der Waals surface area contributed by atoms with Gasteiger partial charge in [0.15, 0.2) is 0 Å². The highest BCUT2D eigenvalue weighted by atomic mass is 32.1. The Morgan fingerprint density at radius 1 is 1.12 bits per heavy atom. The summed E-state index contributed by atoms with van der Waals surface area (Å²) in [5.41, 5.74) is 1.39. The van der Waals surface area contributed by atoms with Crippen molar-refractivity contribution >= 4 is 11.3 Å². The molecule has 0 bridgehead atoms. The maximum absolute atomic E-state index is 3.54. The summed E-state index contributed by atoms with van der Waals surface area (Å²) in [6.45, 7) is 3.17. The van der Waals surface area contributed by atoms with Crippen LogP contribution in [0.1, 0.15) is 23.4 Å². The number of thiophene rings is 1. The van der Waals surface area contributed by atoms with Crippen LogP contribution in [0.3, 0.4) is 0 Å². The van der Waals surface area contributed by atoms with Crippen LogP contribution in [0.15, 0.2) is 47.8 Å². The quantitative estimate of drug-likeness (QED) is 0.828. The lowest BCUT2D eigenvalue weighted by molar-refractivity contribution is 0.558. The van der Waals surface area contributed by atoms with Gasteiger partial charge in [0.2, 0.25) is 0 Å². The normalized spacial score (nSPS) is 12.6. The minimum atomic E-state index is 0.451. The van der Waals surface area contributed by atoms with Crippen molar-refractivity contribution in [3.8, 4) is 0 Å². The summed E-state index contributed by atoms with van der Waals surface area (Å²) in [4.78, 5) is 1.42. The van der Waals surface area contributed by atoms with Gasteiger partial charge in [-0.1, -0.05) is 43.3 Å². The van der Waals surface area contributed by atoms with E-state index in [1.807, 2.05) is 11.3 Å². The second-order valence-corrected chi connectivity index (χ2v) is 4.79. The van der Waals surface area contributed by atoms with E-state index in [0.717, 1.165) is 13.0 Å². The molecular formula is C14H17NS. The summed E-state index contributed by atoms with van der Waals surface area (Å²) in [7, 11) is 0. The average Bonchev–Trinajstić information content (AvgIpc) is 2.83. The van der Waals surface area contributed by atoms with E-state index >= 15 is 0 Å². The molecule has 1 aromatic heterocycles. The summed E-state index contributed by atoms with van der Waals surface area (Å²) in [5.74, 6) is 0. The number of likely N-dealkylation sites (N-methyl/N-ethyl adjacent to an activating group) is 1. The van der Waals surface area contributed by atoms with Gasteiger partial charge in [-0.3, -0.25) is 0 Å². The number of hydrogen-bond donors (Lipinski definition) is 1. The van der Waals surface area contributed by atoms with Crippen LogP contribution in [0.4, 0.5) is 0 Å². The first kappa shape index (κ1) is 11.4. The summed E-state index contributed by atoms with van der Waals surface area (Å²) in [5, 5.41) is 5.69. The third kappa shape index (κ3) is 2.94. The molecule has 1 N–H and O–H groups in total. The van der Waals surface area contributed by atoms with Crippen molar-refractivity contribution in [3.63, 3.8) is 0 Å². The predicted octanol–water partition coefficient (Wildman–Crippen LogP) is 3.64. The Bertz CT molecular complexity index is 394. The molecule has 2 aromatic rings. The molecule has 0 amide bonds. The van der Waals surface area contributed by atoms with Crippen LogP contribution in [0, 0.1) is 0 Å². The monoisotopic (exact) mass is 231 g/mol. The van der Waals surface area contributed by atoms with E-state index in [9.17, 15) is 0 Å². The minimum Gasteiger partial charge on any atom is -0.309 e. The Morgan fingerprint density at radius 2 is 1.94 bits per heavy atom. The third-order valence-electron chi connectivity index (χ3n) is 2.62. The van der Waals surface area contributed by atoms with Crippen LogP contribution in [0.5, 0.6) is 0 Å². The minimum absolute atomic E-state index is 0.451. The zero-order chi connectivity index (χ0) is 11.2. The lowest BCUT2D eigenvalue weighted by Crippen LogP contribution is -2.21. The molecule has 2 heteroatoms. The molecule has 84 valence electrons. The molecule has 0 spiro atoms.